The summed E-state index contributed by atoms with van der Waals surface area (Å²) in [4.78, 5) is 40.0. The molecule has 0 radical (unpaired) electrons. The van der Waals surface area contributed by atoms with Gasteiger partial charge < -0.3 is 34.1 Å². The summed E-state index contributed by atoms with van der Waals surface area (Å²) >= 11 is 4.60. The van der Waals surface area contributed by atoms with E-state index in [4.69, 9.17) is 14.2 Å². The lowest BCUT2D eigenvalue weighted by Crippen LogP contribution is -2.78. The SMILES string of the molecule is CC[C@]12C=CCN3CC[C@@]4(c5cc([C@@]6(C(=O)OC)C[C@H]7CC(C(C)(F)F)CN(CCc8c6[nH]c6ccc(CS)cc86)C7)c(OC)cc5N(C)[C@H]4[C@@](O)(C(=O)OC)[C@@H]1C)[C@@H]32. The molecule has 2 saturated heterocycles. The summed E-state index contributed by atoms with van der Waals surface area (Å²) in [6.45, 7) is 8.01. The number of ether oxygens (including phenoxy) is 3. The number of aromatic nitrogens is 1. The zero-order chi connectivity index (χ0) is 42.0. The van der Waals surface area contributed by atoms with Crippen LogP contribution in [-0.4, -0.2) is 117 Å². The van der Waals surface area contributed by atoms with Crippen LogP contribution in [0.5, 0.6) is 5.75 Å². The average Bonchev–Trinajstić information content (AvgIpc) is 3.89. The zero-order valence-corrected chi connectivity index (χ0v) is 36.1. The number of hydrogen-bond donors (Lipinski definition) is 3. The van der Waals surface area contributed by atoms with E-state index in [1.54, 1.807) is 7.11 Å². The second kappa shape index (κ2) is 13.9. The molecule has 1 aliphatic carbocycles. The van der Waals surface area contributed by atoms with Crippen LogP contribution in [0.25, 0.3) is 10.9 Å². The van der Waals surface area contributed by atoms with Gasteiger partial charge >= 0.3 is 11.9 Å². The Labute approximate surface area is 351 Å². The molecular formula is C46H58F2N4O6S. The van der Waals surface area contributed by atoms with Gasteiger partial charge in [-0.3, -0.25) is 9.69 Å². The van der Waals surface area contributed by atoms with E-state index in [1.165, 1.54) is 14.2 Å². The van der Waals surface area contributed by atoms with Crippen LogP contribution >= 0.6 is 12.6 Å². The van der Waals surface area contributed by atoms with Gasteiger partial charge in [-0.15, -0.1) is 0 Å². The van der Waals surface area contributed by atoms with Crippen molar-refractivity contribution in [1.29, 1.82) is 0 Å². The number of likely N-dealkylation sites (N-methyl/N-ethyl adjacent to an activating group) is 1. The van der Waals surface area contributed by atoms with E-state index in [1.807, 2.05) is 37.1 Å². The lowest BCUT2D eigenvalue weighted by Gasteiger charge is -2.64. The van der Waals surface area contributed by atoms with E-state index in [9.17, 15) is 9.90 Å². The third-order valence-corrected chi connectivity index (χ3v) is 16.6. The minimum atomic E-state index is -2.91. The largest absolute Gasteiger partial charge is 0.496 e. The Morgan fingerprint density at radius 1 is 1.05 bits per heavy atom. The fourth-order valence-corrected chi connectivity index (χ4v) is 13.9. The van der Waals surface area contributed by atoms with E-state index >= 15 is 13.6 Å². The van der Waals surface area contributed by atoms with E-state index in [-0.39, 0.29) is 31.3 Å². The quantitative estimate of drug-likeness (QED) is 0.145. The summed E-state index contributed by atoms with van der Waals surface area (Å²) < 4.78 is 48.5. The predicted molar refractivity (Wildman–Crippen MR) is 226 cm³/mol. The minimum Gasteiger partial charge on any atom is -0.496 e. The van der Waals surface area contributed by atoms with E-state index in [2.05, 4.69) is 58.6 Å². The first-order valence-corrected chi connectivity index (χ1v) is 21.9. The first kappa shape index (κ1) is 40.7. The molecule has 318 valence electrons. The number of aliphatic hydroxyl groups is 1. The van der Waals surface area contributed by atoms with Gasteiger partial charge in [0.25, 0.3) is 0 Å². The van der Waals surface area contributed by atoms with Gasteiger partial charge in [-0.1, -0.05) is 32.1 Å². The number of anilines is 1. The molecule has 2 aromatic carbocycles. The molecular weight excluding hydrogens is 775 g/mol. The maximum atomic E-state index is 15.4. The highest BCUT2D eigenvalue weighted by Gasteiger charge is 2.78. The van der Waals surface area contributed by atoms with Gasteiger partial charge in [-0.2, -0.15) is 12.6 Å². The molecule has 5 aliphatic heterocycles. The number of nitrogens with zero attached hydrogens (tertiary/aromatic N) is 3. The standard InChI is InChI=1S/C46H58F2N4O6S/c1-8-43-13-9-15-52-17-14-44(38(43)52)32-20-33(36(56-5)21-35(32)50(4)39(44)46(55,26(43)2)41(54)58-7)45(40(53)57-6)22-28-18-29(42(3,47)48)24-51(23-28)16-12-30-31-19-27(25-59)10-11-34(31)49-37(30)45/h9-11,13,19-21,26,28-29,38-39,49,55,59H,8,12,14-18,22-25H2,1-7H3/t26-,28-,29?,38+,39-,43+,44-,45+,46-/m1/s1. The second-order valence-electron chi connectivity index (χ2n) is 18.6. The molecule has 1 aromatic heterocycles. The third kappa shape index (κ3) is 5.32. The maximum absolute atomic E-state index is 15.4. The number of carbonyl (C=O) groups excluding carboxylic acids is 2. The number of thiol groups is 1. The molecule has 2 bridgehead atoms. The number of carbonyl (C=O) groups is 2. The Kier molecular flexibility index (Phi) is 9.62. The Hall–Kier alpha value is -3.65. The number of methoxy groups -OCH3 is 3. The van der Waals surface area contributed by atoms with Gasteiger partial charge in [-0.25, -0.2) is 13.6 Å². The molecule has 0 amide bonds. The number of H-pyrrole nitrogens is 1. The summed E-state index contributed by atoms with van der Waals surface area (Å²) in [5, 5.41) is 14.1. The van der Waals surface area contributed by atoms with Crippen molar-refractivity contribution in [3.8, 4) is 5.75 Å². The fourth-order valence-electron chi connectivity index (χ4n) is 13.7. The zero-order valence-electron chi connectivity index (χ0n) is 35.2. The van der Waals surface area contributed by atoms with Crippen LogP contribution < -0.4 is 9.64 Å². The van der Waals surface area contributed by atoms with E-state index in [0.29, 0.717) is 55.1 Å². The first-order valence-electron chi connectivity index (χ1n) is 21.2. The number of rotatable bonds is 7. The molecule has 6 heterocycles. The number of esters is 2. The van der Waals surface area contributed by atoms with Gasteiger partial charge in [-0.05, 0) is 86.4 Å². The van der Waals surface area contributed by atoms with Crippen molar-refractivity contribution in [1.82, 2.24) is 14.8 Å². The van der Waals surface area contributed by atoms with Crippen LogP contribution in [0, 0.1) is 23.2 Å². The maximum Gasteiger partial charge on any atom is 0.340 e. The highest BCUT2D eigenvalue weighted by Crippen LogP contribution is 2.69. The average molecular weight is 833 g/mol. The molecule has 1 spiro atoms. The summed E-state index contributed by atoms with van der Waals surface area (Å²) in [7, 11) is 6.26. The minimum absolute atomic E-state index is 0.0859. The Balaban J connectivity index is 1.36. The van der Waals surface area contributed by atoms with Crippen molar-refractivity contribution in [3.05, 3.63) is 70.4 Å². The van der Waals surface area contributed by atoms with Gasteiger partial charge in [0.1, 0.15) is 11.2 Å². The van der Waals surface area contributed by atoms with Crippen LogP contribution in [0.4, 0.5) is 14.5 Å². The van der Waals surface area contributed by atoms with Crippen LogP contribution in [0.3, 0.4) is 0 Å². The second-order valence-corrected chi connectivity index (χ2v) is 18.9. The van der Waals surface area contributed by atoms with Gasteiger partial charge in [0.05, 0.1) is 27.4 Å². The van der Waals surface area contributed by atoms with Crippen LogP contribution in [0.1, 0.15) is 74.4 Å². The number of aromatic amines is 1. The molecule has 10 atom stereocenters. The molecule has 3 aromatic rings. The van der Waals surface area contributed by atoms with E-state index < -0.39 is 57.6 Å². The van der Waals surface area contributed by atoms with Crippen LogP contribution in [-0.2, 0) is 42.1 Å². The summed E-state index contributed by atoms with van der Waals surface area (Å²) in [5.74, 6) is -4.80. The Morgan fingerprint density at radius 2 is 1.81 bits per heavy atom. The number of halogens is 2. The molecule has 3 fully saturated rings. The highest BCUT2D eigenvalue weighted by atomic mass is 32.1. The number of fused-ring (bicyclic) bond motifs is 6. The lowest BCUT2D eigenvalue weighted by atomic mass is 9.45. The Bertz CT molecular complexity index is 2240. The first-order chi connectivity index (χ1) is 28.1. The van der Waals surface area contributed by atoms with E-state index in [0.717, 1.165) is 53.3 Å². The molecule has 13 heteroatoms. The molecule has 10 nitrogen and oxygen atoms in total. The summed E-state index contributed by atoms with van der Waals surface area (Å²) in [5.41, 5.74) is 1.05. The third-order valence-electron chi connectivity index (χ3n) is 16.2. The van der Waals surface area contributed by atoms with Crippen LogP contribution in [0.15, 0.2) is 42.5 Å². The molecule has 9 rings (SSSR count). The van der Waals surface area contributed by atoms with Crippen molar-refractivity contribution < 1.29 is 37.7 Å². The number of hydrogen-bond acceptors (Lipinski definition) is 10. The normalized spacial score (nSPS) is 36.2. The summed E-state index contributed by atoms with van der Waals surface area (Å²) in [6, 6.07) is 9.45. The topological polar surface area (TPSA) is 108 Å². The smallest absolute Gasteiger partial charge is 0.340 e. The van der Waals surface area contributed by atoms with Crippen LogP contribution in [0.2, 0.25) is 0 Å². The lowest BCUT2D eigenvalue weighted by molar-refractivity contribution is -0.197. The number of nitrogens with one attached hydrogen (secondary N) is 1. The van der Waals surface area contributed by atoms with Gasteiger partial charge in [0, 0.05) is 102 Å². The Morgan fingerprint density at radius 3 is 2.49 bits per heavy atom. The van der Waals surface area contributed by atoms with Crippen molar-refractivity contribution >= 4 is 41.2 Å². The monoisotopic (exact) mass is 832 g/mol. The molecule has 2 unspecified atom stereocenters. The molecule has 6 aliphatic rings. The van der Waals surface area contributed by atoms with Gasteiger partial charge in [0.15, 0.2) is 5.60 Å². The number of piperidine rings is 1. The van der Waals surface area contributed by atoms with Crippen molar-refractivity contribution in [3.63, 3.8) is 0 Å². The fraction of sp³-hybridized carbons (Fsp3) is 0.609. The number of benzene rings is 2. The van der Waals surface area contributed by atoms with Crippen molar-refractivity contribution in [2.45, 2.75) is 93.1 Å². The number of alkyl halides is 2. The molecule has 2 N–H and O–H groups in total. The van der Waals surface area contributed by atoms with Gasteiger partial charge in [0.2, 0.25) is 5.92 Å². The molecule has 59 heavy (non-hydrogen) atoms. The highest BCUT2D eigenvalue weighted by molar-refractivity contribution is 7.79. The summed E-state index contributed by atoms with van der Waals surface area (Å²) in [6.07, 6.45) is 6.71. The van der Waals surface area contributed by atoms with Crippen molar-refractivity contribution in [2.24, 2.45) is 23.2 Å². The predicted octanol–water partition coefficient (Wildman–Crippen LogP) is 6.26. The van der Waals surface area contributed by atoms with Crippen molar-refractivity contribution in [2.75, 3.05) is 66.0 Å². The molecule has 1 saturated carbocycles.